The predicted molar refractivity (Wildman–Crippen MR) is 116 cm³/mol. The van der Waals surface area contributed by atoms with Gasteiger partial charge < -0.3 is 24.4 Å². The number of carbonyl (C=O) groups excluding carboxylic acids is 4. The molecule has 0 bridgehead atoms. The van der Waals surface area contributed by atoms with E-state index in [0.717, 1.165) is 6.04 Å². The van der Waals surface area contributed by atoms with Gasteiger partial charge in [-0.15, -0.1) is 0 Å². The Morgan fingerprint density at radius 3 is 2.10 bits per heavy atom. The quantitative estimate of drug-likeness (QED) is 0.312. The van der Waals surface area contributed by atoms with Crippen LogP contribution in [0.3, 0.4) is 0 Å². The lowest BCUT2D eigenvalue weighted by atomic mass is 10.1. The van der Waals surface area contributed by atoms with Crippen LogP contribution in [0.15, 0.2) is 0 Å². The molecule has 0 saturated carbocycles. The third-order valence-electron chi connectivity index (χ3n) is 4.24. The minimum atomic E-state index is -1.32. The summed E-state index contributed by atoms with van der Waals surface area (Å²) in [6.07, 6.45) is -0.844. The number of hydrogen-bond acceptors (Lipinski definition) is 7. The Labute approximate surface area is 180 Å². The van der Waals surface area contributed by atoms with Gasteiger partial charge in [-0.25, -0.2) is 14.4 Å². The van der Waals surface area contributed by atoms with Crippen LogP contribution < -0.4 is 5.32 Å². The molecule has 1 N–H and O–H groups in total. The summed E-state index contributed by atoms with van der Waals surface area (Å²) >= 11 is 0. The van der Waals surface area contributed by atoms with Gasteiger partial charge in [0.2, 0.25) is 5.91 Å². The average Bonchev–Trinajstić information content (AvgIpc) is 2.60. The molecule has 0 radical (unpaired) electrons. The van der Waals surface area contributed by atoms with Crippen LogP contribution in [0.4, 0.5) is 4.79 Å². The molecular weight excluding hydrogens is 408 g/mol. The summed E-state index contributed by atoms with van der Waals surface area (Å²) in [5.41, 5.74) is -0.730. The molecule has 30 heavy (non-hydrogen) atoms. The van der Waals surface area contributed by atoms with E-state index in [4.69, 9.17) is 9.47 Å². The molecule has 0 aromatic rings. The number of amides is 2. The second-order valence-electron chi connectivity index (χ2n) is 9.42. The van der Waals surface area contributed by atoms with Gasteiger partial charge in [0, 0.05) is 21.5 Å². The van der Waals surface area contributed by atoms with Crippen LogP contribution >= 0.6 is 0 Å². The fourth-order valence-corrected chi connectivity index (χ4v) is 2.95. The van der Waals surface area contributed by atoms with Crippen molar-refractivity contribution in [3.05, 3.63) is 0 Å². The largest absolute Gasteiger partial charge is 0.467 e. The zero-order valence-electron chi connectivity index (χ0n) is 19.8. The number of nitrogens with zero attached hydrogens (tertiary/aromatic N) is 1. The Morgan fingerprint density at radius 2 is 1.63 bits per heavy atom. The Balaban J connectivity index is 4.76. The smallest absolute Gasteiger partial charge is 0.408 e. The van der Waals surface area contributed by atoms with Gasteiger partial charge in [-0.2, -0.15) is 0 Å². The van der Waals surface area contributed by atoms with Gasteiger partial charge >= 0.3 is 18.0 Å². The molecule has 2 amide bonds. The molecule has 2 atom stereocenters. The third-order valence-corrected chi connectivity index (χ3v) is 5.94. The van der Waals surface area contributed by atoms with Gasteiger partial charge in [-0.05, 0) is 40.2 Å². The molecular formula is C20H38N2O7Si. The second kappa shape index (κ2) is 11.9. The summed E-state index contributed by atoms with van der Waals surface area (Å²) in [6.45, 7) is 13.6. The average molecular weight is 447 g/mol. The van der Waals surface area contributed by atoms with Gasteiger partial charge in [0.1, 0.15) is 17.7 Å². The van der Waals surface area contributed by atoms with E-state index in [-0.39, 0.29) is 18.7 Å². The van der Waals surface area contributed by atoms with Crippen LogP contribution in [-0.2, 0) is 28.6 Å². The summed E-state index contributed by atoms with van der Waals surface area (Å²) in [5, 5.41) is 2.42. The van der Waals surface area contributed by atoms with Crippen molar-refractivity contribution in [2.24, 2.45) is 0 Å². The topological polar surface area (TPSA) is 111 Å². The van der Waals surface area contributed by atoms with Crippen molar-refractivity contribution < 1.29 is 33.4 Å². The molecule has 0 spiro atoms. The van der Waals surface area contributed by atoms with E-state index < -0.39 is 43.8 Å². The summed E-state index contributed by atoms with van der Waals surface area (Å²) < 4.78 is 15.1. The minimum Gasteiger partial charge on any atom is -0.467 e. The van der Waals surface area contributed by atoms with Crippen LogP contribution in [0.1, 0.15) is 40.5 Å². The van der Waals surface area contributed by atoms with E-state index in [1.165, 1.54) is 19.1 Å². The van der Waals surface area contributed by atoms with Crippen molar-refractivity contribution >= 4 is 32.0 Å². The molecule has 0 saturated heterocycles. The molecule has 0 fully saturated rings. The van der Waals surface area contributed by atoms with E-state index in [2.05, 4.69) is 29.7 Å². The molecule has 0 rings (SSSR count). The predicted octanol–water partition coefficient (Wildman–Crippen LogP) is 2.56. The van der Waals surface area contributed by atoms with Crippen LogP contribution in [0.5, 0.6) is 0 Å². The lowest BCUT2D eigenvalue weighted by Gasteiger charge is -2.25. The maximum atomic E-state index is 12.5. The van der Waals surface area contributed by atoms with Gasteiger partial charge in [-0.1, -0.05) is 19.6 Å². The van der Waals surface area contributed by atoms with E-state index >= 15 is 0 Å². The Morgan fingerprint density at radius 1 is 1.07 bits per heavy atom. The van der Waals surface area contributed by atoms with E-state index in [0.29, 0.717) is 6.61 Å². The summed E-state index contributed by atoms with van der Waals surface area (Å²) in [7, 11) is 1.37. The molecule has 0 aliphatic carbocycles. The lowest BCUT2D eigenvalue weighted by molar-refractivity contribution is -0.153. The summed E-state index contributed by atoms with van der Waals surface area (Å²) in [6, 6.07) is -0.948. The van der Waals surface area contributed by atoms with Gasteiger partial charge in [-0.3, -0.25) is 4.79 Å². The molecule has 0 unspecified atom stereocenters. The van der Waals surface area contributed by atoms with E-state index in [1.807, 2.05) is 0 Å². The molecule has 10 heteroatoms. The number of hydrogen-bond donors (Lipinski definition) is 1. The first kappa shape index (κ1) is 27.9. The third kappa shape index (κ3) is 11.8. The first-order valence-corrected chi connectivity index (χ1v) is 13.8. The number of esters is 2. The lowest BCUT2D eigenvalue weighted by Crippen LogP contribution is -2.45. The highest BCUT2D eigenvalue weighted by molar-refractivity contribution is 6.76. The van der Waals surface area contributed by atoms with Gasteiger partial charge in [0.05, 0.1) is 13.7 Å². The van der Waals surface area contributed by atoms with Gasteiger partial charge in [0.25, 0.3) is 0 Å². The van der Waals surface area contributed by atoms with Gasteiger partial charge in [0.15, 0.2) is 0 Å². The zero-order chi connectivity index (χ0) is 23.7. The Bertz CT molecular complexity index is 611. The fraction of sp³-hybridized carbons (Fsp3) is 0.800. The van der Waals surface area contributed by atoms with Crippen molar-refractivity contribution in [1.29, 1.82) is 0 Å². The number of rotatable bonds is 10. The zero-order valence-corrected chi connectivity index (χ0v) is 20.8. The van der Waals surface area contributed by atoms with Crippen molar-refractivity contribution in [3.63, 3.8) is 0 Å². The SMILES string of the molecule is COC(=O)[C@@H](CCC(=O)N(C)[C@@H](C)C(=O)OCC[Si](C)(C)C)NC(=O)OC(C)(C)C. The fourth-order valence-electron chi connectivity index (χ4n) is 2.24. The maximum Gasteiger partial charge on any atom is 0.408 e. The molecule has 0 aliphatic heterocycles. The monoisotopic (exact) mass is 446 g/mol. The highest BCUT2D eigenvalue weighted by Crippen LogP contribution is 2.11. The van der Waals surface area contributed by atoms with E-state index in [9.17, 15) is 19.2 Å². The number of methoxy groups -OCH3 is 1. The number of carbonyl (C=O) groups is 4. The van der Waals surface area contributed by atoms with Crippen molar-refractivity contribution in [3.8, 4) is 0 Å². The molecule has 0 heterocycles. The first-order chi connectivity index (χ1) is 13.6. The van der Waals surface area contributed by atoms with Crippen molar-refractivity contribution in [1.82, 2.24) is 10.2 Å². The second-order valence-corrected chi connectivity index (χ2v) is 15.0. The molecule has 0 aromatic carbocycles. The minimum absolute atomic E-state index is 0.00643. The van der Waals surface area contributed by atoms with Crippen molar-refractivity contribution in [2.75, 3.05) is 20.8 Å². The normalized spacial score (nSPS) is 13.6. The van der Waals surface area contributed by atoms with E-state index in [1.54, 1.807) is 27.7 Å². The molecule has 9 nitrogen and oxygen atoms in total. The first-order valence-electron chi connectivity index (χ1n) is 10.1. The van der Waals surface area contributed by atoms with Crippen LogP contribution in [-0.4, -0.2) is 75.4 Å². The summed E-state index contributed by atoms with van der Waals surface area (Å²) in [5.74, 6) is -1.51. The van der Waals surface area contributed by atoms with Crippen LogP contribution in [0, 0.1) is 0 Å². The van der Waals surface area contributed by atoms with Crippen LogP contribution in [0.2, 0.25) is 25.7 Å². The Kier molecular flexibility index (Phi) is 11.1. The number of ether oxygens (including phenoxy) is 3. The standard InChI is InChI=1S/C20H38N2O7Si/c1-14(17(24)28-12-13-30(7,8)9)22(5)16(23)11-10-15(18(25)27-6)21-19(26)29-20(2,3)4/h14-15H,10-13H2,1-9H3,(H,21,26)/t14-,15+/m0/s1. The van der Waals surface area contributed by atoms with Crippen LogP contribution in [0.25, 0.3) is 0 Å². The number of alkyl carbamates (subject to hydrolysis) is 1. The maximum absolute atomic E-state index is 12.5. The summed E-state index contributed by atoms with van der Waals surface area (Å²) in [4.78, 5) is 49.8. The highest BCUT2D eigenvalue weighted by Gasteiger charge is 2.28. The molecule has 174 valence electrons. The van der Waals surface area contributed by atoms with Crippen molar-refractivity contribution in [2.45, 2.75) is 83.9 Å². The number of nitrogens with one attached hydrogen (secondary N) is 1. The Hall–Kier alpha value is -2.10. The highest BCUT2D eigenvalue weighted by atomic mass is 28.3. The number of likely N-dealkylation sites (N-methyl/N-ethyl adjacent to an activating group) is 1. The molecule has 0 aliphatic rings. The molecule has 0 aromatic heterocycles.